The van der Waals surface area contributed by atoms with Crippen LogP contribution < -0.4 is 5.32 Å². The second-order valence-electron chi connectivity index (χ2n) is 6.11. The molecule has 1 N–H and O–H groups in total. The Morgan fingerprint density at radius 2 is 2.05 bits per heavy atom. The molecule has 0 aliphatic heterocycles. The van der Waals surface area contributed by atoms with Gasteiger partial charge in [-0.3, -0.25) is 4.68 Å². The zero-order chi connectivity index (χ0) is 14.5. The second-order valence-corrected chi connectivity index (χ2v) is 7.14. The molecule has 108 valence electrons. The molecule has 0 amide bonds. The quantitative estimate of drug-likeness (QED) is 0.643. The summed E-state index contributed by atoms with van der Waals surface area (Å²) in [6.45, 7) is 10.9. The maximum atomic E-state index is 4.55. The van der Waals surface area contributed by atoms with Crippen LogP contribution in [0.25, 0.3) is 6.08 Å². The maximum absolute atomic E-state index is 4.55. The van der Waals surface area contributed by atoms with Gasteiger partial charge in [-0.25, -0.2) is 4.98 Å². The highest BCUT2D eigenvalue weighted by molar-refractivity contribution is 7.99. The average Bonchev–Trinajstić information content (AvgIpc) is 2.64. The topological polar surface area (TPSA) is 42.7 Å². The Kier molecular flexibility index (Phi) is 5.91. The molecule has 0 fully saturated rings. The summed E-state index contributed by atoms with van der Waals surface area (Å²) in [5.74, 6) is 4.60. The first-order valence-corrected chi connectivity index (χ1v) is 7.85. The summed E-state index contributed by atoms with van der Waals surface area (Å²) in [5.41, 5.74) is 0.0222. The lowest BCUT2D eigenvalue weighted by molar-refractivity contribution is 0.506. The zero-order valence-corrected chi connectivity index (χ0v) is 13.7. The molecule has 1 aromatic heterocycles. The Morgan fingerprint density at radius 3 is 2.58 bits per heavy atom. The molecule has 1 rings (SSSR count). The lowest BCUT2D eigenvalue weighted by atomic mass is 9.96. The highest BCUT2D eigenvalue weighted by Gasteiger charge is 2.20. The number of aryl methyl sites for hydroxylation is 1. The lowest BCUT2D eigenvalue weighted by Gasteiger charge is -2.15. The van der Waals surface area contributed by atoms with E-state index in [-0.39, 0.29) is 5.41 Å². The molecule has 0 unspecified atom stereocenters. The molecule has 0 aliphatic carbocycles. The molecule has 1 aromatic rings. The van der Waals surface area contributed by atoms with Crippen molar-refractivity contribution in [2.24, 2.45) is 13.0 Å². The van der Waals surface area contributed by atoms with Gasteiger partial charge >= 0.3 is 0 Å². The number of aromatic nitrogens is 3. The second kappa shape index (κ2) is 6.98. The molecule has 0 radical (unpaired) electrons. The van der Waals surface area contributed by atoms with Gasteiger partial charge in [-0.05, 0) is 11.7 Å². The van der Waals surface area contributed by atoms with Crippen LogP contribution in [0.1, 0.15) is 46.3 Å². The third kappa shape index (κ3) is 5.68. The summed E-state index contributed by atoms with van der Waals surface area (Å²) < 4.78 is 1.85. The molecule has 0 spiro atoms. The van der Waals surface area contributed by atoms with E-state index >= 15 is 0 Å². The van der Waals surface area contributed by atoms with Crippen molar-refractivity contribution in [1.29, 1.82) is 0 Å². The fraction of sp³-hybridized carbons (Fsp3) is 0.714. The van der Waals surface area contributed by atoms with Crippen molar-refractivity contribution in [2.75, 3.05) is 11.6 Å². The maximum Gasteiger partial charge on any atom is 0.175 e. The van der Waals surface area contributed by atoms with Gasteiger partial charge in [0.15, 0.2) is 5.82 Å². The van der Waals surface area contributed by atoms with Crippen LogP contribution >= 0.6 is 11.8 Å². The Hall–Kier alpha value is -0.970. The molecule has 5 heteroatoms. The van der Waals surface area contributed by atoms with Crippen LogP contribution in [-0.4, -0.2) is 26.4 Å². The first kappa shape index (κ1) is 16.1. The van der Waals surface area contributed by atoms with E-state index in [2.05, 4.69) is 50.0 Å². The Labute approximate surface area is 121 Å². The van der Waals surface area contributed by atoms with Gasteiger partial charge in [0.2, 0.25) is 0 Å². The molecule has 4 nitrogen and oxygen atoms in total. The smallest absolute Gasteiger partial charge is 0.175 e. The van der Waals surface area contributed by atoms with E-state index in [1.165, 1.54) is 5.75 Å². The summed E-state index contributed by atoms with van der Waals surface area (Å²) in [4.78, 5) is 4.55. The van der Waals surface area contributed by atoms with Gasteiger partial charge in [-0.1, -0.05) is 34.6 Å². The van der Waals surface area contributed by atoms with Gasteiger partial charge in [0, 0.05) is 24.7 Å². The van der Waals surface area contributed by atoms with E-state index in [0.29, 0.717) is 0 Å². The predicted octanol–water partition coefficient (Wildman–Crippen LogP) is 3.02. The first-order valence-electron chi connectivity index (χ1n) is 6.70. The van der Waals surface area contributed by atoms with Crippen LogP contribution in [-0.2, 0) is 12.5 Å². The van der Waals surface area contributed by atoms with E-state index < -0.39 is 0 Å². The number of rotatable bonds is 6. The number of nitrogens with zero attached hydrogens (tertiary/aromatic N) is 3. The van der Waals surface area contributed by atoms with Gasteiger partial charge in [0.25, 0.3) is 0 Å². The largest absolute Gasteiger partial charge is 0.382 e. The number of hydrogen-bond donors (Lipinski definition) is 1. The molecular weight excluding hydrogens is 256 g/mol. The summed E-state index contributed by atoms with van der Waals surface area (Å²) in [7, 11) is 1.94. The van der Waals surface area contributed by atoms with Crippen molar-refractivity contribution < 1.29 is 0 Å². The van der Waals surface area contributed by atoms with Gasteiger partial charge in [0.05, 0.1) is 5.88 Å². The monoisotopic (exact) mass is 282 g/mol. The van der Waals surface area contributed by atoms with Gasteiger partial charge < -0.3 is 5.32 Å². The molecular formula is C14H26N4S. The van der Waals surface area contributed by atoms with Crippen LogP contribution in [0.15, 0.2) is 6.20 Å². The third-order valence-electron chi connectivity index (χ3n) is 2.44. The Balaban J connectivity index is 2.45. The van der Waals surface area contributed by atoms with Gasteiger partial charge in [0.1, 0.15) is 5.82 Å². The summed E-state index contributed by atoms with van der Waals surface area (Å²) >= 11 is 1.90. The van der Waals surface area contributed by atoms with Crippen LogP contribution in [0.2, 0.25) is 0 Å². The number of nitrogens with one attached hydrogen (secondary N) is 1. The van der Waals surface area contributed by atoms with Crippen molar-refractivity contribution in [2.45, 2.75) is 40.0 Å². The van der Waals surface area contributed by atoms with Crippen LogP contribution in [0.5, 0.6) is 0 Å². The summed E-state index contributed by atoms with van der Waals surface area (Å²) in [6.07, 6.45) is 3.85. The first-order chi connectivity index (χ1) is 8.80. The lowest BCUT2D eigenvalue weighted by Crippen LogP contribution is -2.17. The van der Waals surface area contributed by atoms with Crippen LogP contribution in [0.3, 0.4) is 0 Å². The highest BCUT2D eigenvalue weighted by Crippen LogP contribution is 2.19. The van der Waals surface area contributed by atoms with E-state index in [9.17, 15) is 0 Å². The molecule has 19 heavy (non-hydrogen) atoms. The third-order valence-corrected chi connectivity index (χ3v) is 3.71. The average molecular weight is 282 g/mol. The fourth-order valence-electron chi connectivity index (χ4n) is 1.66. The Bertz CT molecular complexity index is 416. The van der Waals surface area contributed by atoms with Crippen molar-refractivity contribution in [3.8, 4) is 0 Å². The molecule has 0 bridgehead atoms. The van der Waals surface area contributed by atoms with Crippen molar-refractivity contribution >= 4 is 17.8 Å². The van der Waals surface area contributed by atoms with E-state index in [4.69, 9.17) is 0 Å². The molecule has 0 aromatic carbocycles. The fourth-order valence-corrected chi connectivity index (χ4v) is 2.47. The van der Waals surface area contributed by atoms with Gasteiger partial charge in [-0.15, -0.1) is 11.8 Å². The van der Waals surface area contributed by atoms with Crippen molar-refractivity contribution in [3.63, 3.8) is 0 Å². The number of hydrogen-bond acceptors (Lipinski definition) is 4. The van der Waals surface area contributed by atoms with E-state index in [0.717, 1.165) is 23.4 Å². The van der Waals surface area contributed by atoms with Crippen molar-refractivity contribution in [1.82, 2.24) is 20.1 Å². The summed E-state index contributed by atoms with van der Waals surface area (Å²) in [6, 6.07) is 0. The van der Waals surface area contributed by atoms with Crippen LogP contribution in [0, 0.1) is 5.92 Å². The van der Waals surface area contributed by atoms with Crippen molar-refractivity contribution in [3.05, 3.63) is 17.8 Å². The molecule has 1 heterocycles. The van der Waals surface area contributed by atoms with Gasteiger partial charge in [-0.2, -0.15) is 5.10 Å². The predicted molar refractivity (Wildman–Crippen MR) is 84.0 cm³/mol. The standard InChI is InChI=1S/C14H26N4S/c1-11(2)9-19-10-15-8-7-12-16-13(14(3,4)5)18(6)17-12/h7-8,11,15H,9-10H2,1-6H3/b8-7+. The molecule has 0 aliphatic rings. The minimum Gasteiger partial charge on any atom is -0.382 e. The molecule has 0 saturated heterocycles. The highest BCUT2D eigenvalue weighted by atomic mass is 32.2. The SMILES string of the molecule is CC(C)CSCN/C=C/c1nc(C(C)(C)C)n(C)n1. The van der Waals surface area contributed by atoms with E-state index in [1.807, 2.05) is 35.8 Å². The van der Waals surface area contributed by atoms with E-state index in [1.54, 1.807) is 0 Å². The van der Waals surface area contributed by atoms with Crippen LogP contribution in [0.4, 0.5) is 0 Å². The zero-order valence-electron chi connectivity index (χ0n) is 12.9. The normalized spacial score (nSPS) is 12.6. The molecule has 0 atom stereocenters. The minimum atomic E-state index is 0.0222. The Morgan fingerprint density at radius 1 is 1.37 bits per heavy atom. The molecule has 0 saturated carbocycles. The number of thioether (sulfide) groups is 1. The minimum absolute atomic E-state index is 0.0222. The summed E-state index contributed by atoms with van der Waals surface area (Å²) in [5, 5.41) is 7.64.